The number of carbonyl (C=O) groups is 2. The highest BCUT2D eigenvalue weighted by molar-refractivity contribution is 7.14. The number of aromatic nitrogens is 2. The Morgan fingerprint density at radius 2 is 1.74 bits per heavy atom. The maximum absolute atomic E-state index is 12.9. The minimum Gasteiger partial charge on any atom is -0.496 e. The summed E-state index contributed by atoms with van der Waals surface area (Å²) in [5, 5.41) is 10.5. The fraction of sp³-hybridized carbons (Fsp3) is 0.303. The van der Waals surface area contributed by atoms with E-state index in [4.69, 9.17) is 20.3 Å². The van der Waals surface area contributed by atoms with Gasteiger partial charge in [-0.25, -0.2) is 4.68 Å². The Labute approximate surface area is 254 Å². The van der Waals surface area contributed by atoms with Crippen molar-refractivity contribution in [2.45, 2.75) is 25.3 Å². The summed E-state index contributed by atoms with van der Waals surface area (Å²) in [6.45, 7) is 5.67. The Morgan fingerprint density at radius 1 is 1.05 bits per heavy atom. The third-order valence-electron chi connectivity index (χ3n) is 8.52. The van der Waals surface area contributed by atoms with Crippen molar-refractivity contribution in [3.63, 3.8) is 0 Å². The van der Waals surface area contributed by atoms with Gasteiger partial charge in [0, 0.05) is 35.6 Å². The average Bonchev–Trinajstić information content (AvgIpc) is 3.69. The van der Waals surface area contributed by atoms with Crippen LogP contribution in [0.3, 0.4) is 0 Å². The average molecular weight is 598 g/mol. The highest BCUT2D eigenvalue weighted by atomic mass is 32.1. The summed E-state index contributed by atoms with van der Waals surface area (Å²) in [4.78, 5) is 28.0. The molecule has 1 saturated heterocycles. The number of rotatable bonds is 8. The maximum atomic E-state index is 12.9. The second-order valence-corrected chi connectivity index (χ2v) is 11.7. The summed E-state index contributed by atoms with van der Waals surface area (Å²) in [6, 6.07) is 16.2. The van der Waals surface area contributed by atoms with Crippen molar-refractivity contribution in [2.75, 3.05) is 39.2 Å². The molecule has 4 heterocycles. The fourth-order valence-electron chi connectivity index (χ4n) is 6.44. The van der Waals surface area contributed by atoms with E-state index in [9.17, 15) is 9.59 Å². The molecule has 0 spiro atoms. The van der Waals surface area contributed by atoms with Crippen molar-refractivity contribution in [3.8, 4) is 44.3 Å². The van der Waals surface area contributed by atoms with Crippen molar-refractivity contribution < 1.29 is 19.1 Å². The molecule has 0 radical (unpaired) electrons. The molecule has 1 atom stereocenters. The molecule has 1 unspecified atom stereocenters. The minimum absolute atomic E-state index is 0.0356. The molecule has 10 heteroatoms. The number of amides is 2. The lowest BCUT2D eigenvalue weighted by atomic mass is 9.87. The molecule has 0 bridgehead atoms. The number of piperidine rings is 1. The molecule has 2 aromatic heterocycles. The zero-order chi connectivity index (χ0) is 30.1. The number of carbonyl (C=O) groups excluding carboxylic acids is 2. The first-order valence-electron chi connectivity index (χ1n) is 14.4. The van der Waals surface area contributed by atoms with E-state index in [1.807, 2.05) is 39.9 Å². The largest absolute Gasteiger partial charge is 0.496 e. The van der Waals surface area contributed by atoms with Gasteiger partial charge in [-0.3, -0.25) is 9.59 Å². The van der Waals surface area contributed by atoms with Crippen LogP contribution in [-0.4, -0.2) is 60.3 Å². The van der Waals surface area contributed by atoms with Gasteiger partial charge in [0.2, 0.25) is 5.91 Å². The van der Waals surface area contributed by atoms with Gasteiger partial charge >= 0.3 is 0 Å². The molecular weight excluding hydrogens is 562 g/mol. The first-order chi connectivity index (χ1) is 20.9. The van der Waals surface area contributed by atoms with Crippen molar-refractivity contribution in [2.24, 2.45) is 11.7 Å². The highest BCUT2D eigenvalue weighted by Gasteiger charge is 2.36. The SMILES string of the molecule is C=CC(=O)N1CCC(C2CCNc3c(C(N)=O)c(-c4cc(OC)c(-c5ccsc5-c5ccccc5)c(OC)c4)nn32)CC1. The molecule has 4 aromatic rings. The summed E-state index contributed by atoms with van der Waals surface area (Å²) in [5.74, 6) is 1.57. The molecule has 2 aliphatic heterocycles. The van der Waals surface area contributed by atoms with Gasteiger partial charge in [-0.1, -0.05) is 36.9 Å². The number of hydrogen-bond donors (Lipinski definition) is 2. The third-order valence-corrected chi connectivity index (χ3v) is 9.49. The Hall–Kier alpha value is -4.57. The smallest absolute Gasteiger partial charge is 0.254 e. The van der Waals surface area contributed by atoms with Gasteiger partial charge in [-0.05, 0) is 60.4 Å². The first kappa shape index (κ1) is 28.5. The molecule has 6 rings (SSSR count). The number of fused-ring (bicyclic) bond motifs is 1. The third kappa shape index (κ3) is 5.16. The molecule has 3 N–H and O–H groups in total. The van der Waals surface area contributed by atoms with Gasteiger partial charge in [-0.2, -0.15) is 5.10 Å². The molecule has 43 heavy (non-hydrogen) atoms. The zero-order valence-electron chi connectivity index (χ0n) is 24.3. The molecule has 2 amide bonds. The lowest BCUT2D eigenvalue weighted by molar-refractivity contribution is -0.127. The van der Waals surface area contributed by atoms with Crippen LogP contribution in [0.25, 0.3) is 32.8 Å². The number of ether oxygens (including phenoxy) is 2. The molecule has 0 aliphatic carbocycles. The topological polar surface area (TPSA) is 112 Å². The van der Waals surface area contributed by atoms with E-state index in [1.54, 1.807) is 25.6 Å². The Morgan fingerprint density at radius 3 is 2.37 bits per heavy atom. The zero-order valence-corrected chi connectivity index (χ0v) is 25.2. The summed E-state index contributed by atoms with van der Waals surface area (Å²) in [7, 11) is 3.26. The Kier molecular flexibility index (Phi) is 7.94. The number of primary amides is 1. The van der Waals surface area contributed by atoms with Gasteiger partial charge in [0.15, 0.2) is 0 Å². The summed E-state index contributed by atoms with van der Waals surface area (Å²) in [5.41, 5.74) is 10.4. The van der Waals surface area contributed by atoms with E-state index in [0.29, 0.717) is 59.7 Å². The van der Waals surface area contributed by atoms with Gasteiger partial charge in [0.1, 0.15) is 28.6 Å². The second-order valence-electron chi connectivity index (χ2n) is 10.8. The van der Waals surface area contributed by atoms with Crippen LogP contribution in [-0.2, 0) is 4.79 Å². The van der Waals surface area contributed by atoms with E-state index in [0.717, 1.165) is 40.8 Å². The minimum atomic E-state index is -0.554. The van der Waals surface area contributed by atoms with E-state index < -0.39 is 5.91 Å². The Balaban J connectivity index is 1.42. The van der Waals surface area contributed by atoms with E-state index in [-0.39, 0.29) is 11.9 Å². The van der Waals surface area contributed by atoms with E-state index >= 15 is 0 Å². The van der Waals surface area contributed by atoms with Crippen molar-refractivity contribution >= 4 is 29.0 Å². The number of benzene rings is 2. The van der Waals surface area contributed by atoms with Crippen LogP contribution in [0.1, 0.15) is 35.7 Å². The van der Waals surface area contributed by atoms with E-state index in [2.05, 4.69) is 35.5 Å². The van der Waals surface area contributed by atoms with Crippen LogP contribution in [0, 0.1) is 5.92 Å². The molecule has 222 valence electrons. The quantitative estimate of drug-likeness (QED) is 0.247. The number of anilines is 1. The van der Waals surface area contributed by atoms with Crippen molar-refractivity contribution in [1.29, 1.82) is 0 Å². The number of thiophene rings is 1. The number of nitrogens with one attached hydrogen (secondary N) is 1. The van der Waals surface area contributed by atoms with Gasteiger partial charge in [-0.15, -0.1) is 11.3 Å². The normalized spacial score (nSPS) is 16.7. The van der Waals surface area contributed by atoms with Crippen LogP contribution in [0.5, 0.6) is 11.5 Å². The standard InChI is InChI=1S/C33H35N5O4S/c1-4-27(39)37-15-11-20(12-16-37)24-10-14-35-33-29(32(34)40)30(36-38(24)33)22-18-25(41-2)28(26(19-22)42-3)23-13-17-43-31(23)21-8-6-5-7-9-21/h4-9,13,17-20,24,35H,1,10-12,14-16H2,2-3H3,(H2,34,40). The fourth-order valence-corrected chi connectivity index (χ4v) is 7.35. The Bertz CT molecular complexity index is 1640. The van der Waals surface area contributed by atoms with Crippen LogP contribution in [0.2, 0.25) is 0 Å². The maximum Gasteiger partial charge on any atom is 0.254 e. The van der Waals surface area contributed by atoms with Crippen LogP contribution in [0.4, 0.5) is 5.82 Å². The number of likely N-dealkylation sites (tertiary alicyclic amines) is 1. The lowest BCUT2D eigenvalue weighted by Gasteiger charge is -2.38. The number of nitrogens with zero attached hydrogens (tertiary/aromatic N) is 3. The number of nitrogens with two attached hydrogens (primary N) is 1. The van der Waals surface area contributed by atoms with Crippen molar-refractivity contribution in [3.05, 3.63) is 72.1 Å². The molecule has 1 fully saturated rings. The van der Waals surface area contributed by atoms with Crippen molar-refractivity contribution in [1.82, 2.24) is 14.7 Å². The highest BCUT2D eigenvalue weighted by Crippen LogP contribution is 2.48. The molecule has 2 aliphatic rings. The number of methoxy groups -OCH3 is 2. The summed E-state index contributed by atoms with van der Waals surface area (Å²) in [6.07, 6.45) is 3.94. The molecule has 9 nitrogen and oxygen atoms in total. The van der Waals surface area contributed by atoms with Gasteiger partial charge in [0.05, 0.1) is 25.8 Å². The van der Waals surface area contributed by atoms with Gasteiger partial charge in [0.25, 0.3) is 5.91 Å². The van der Waals surface area contributed by atoms with Gasteiger partial charge < -0.3 is 25.4 Å². The molecule has 2 aromatic carbocycles. The summed E-state index contributed by atoms with van der Waals surface area (Å²) >= 11 is 1.65. The predicted molar refractivity (Wildman–Crippen MR) is 170 cm³/mol. The second kappa shape index (κ2) is 12.0. The lowest BCUT2D eigenvalue weighted by Crippen LogP contribution is -2.41. The monoisotopic (exact) mass is 597 g/mol. The van der Waals surface area contributed by atoms with Crippen LogP contribution in [0.15, 0.2) is 66.6 Å². The summed E-state index contributed by atoms with van der Waals surface area (Å²) < 4.78 is 13.8. The predicted octanol–water partition coefficient (Wildman–Crippen LogP) is 5.84. The first-order valence-corrected chi connectivity index (χ1v) is 15.3. The van der Waals surface area contributed by atoms with E-state index in [1.165, 1.54) is 6.08 Å². The van der Waals surface area contributed by atoms with Crippen LogP contribution < -0.4 is 20.5 Å². The molecule has 0 saturated carbocycles. The molecular formula is C33H35N5O4S. The number of hydrogen-bond acceptors (Lipinski definition) is 7. The van der Waals surface area contributed by atoms with Crippen LogP contribution >= 0.6 is 11.3 Å².